The number of likely N-dealkylation sites (N-methyl/N-ethyl adjacent to an activating group) is 1. The number of hydrazine groups is 1. The largest absolute Gasteiger partial charge is 0.313 e. The smallest absolute Gasteiger partial charge is 0.300 e. The first-order valence-electron chi connectivity index (χ1n) is 6.10. The van der Waals surface area contributed by atoms with E-state index in [0.717, 1.165) is 32.2 Å². The van der Waals surface area contributed by atoms with E-state index in [1.807, 2.05) is 12.1 Å². The van der Waals surface area contributed by atoms with E-state index in [4.69, 9.17) is 0 Å². The third-order valence-electron chi connectivity index (χ3n) is 3.17. The number of nitro groups is 2. The van der Waals surface area contributed by atoms with Gasteiger partial charge < -0.3 is 10.3 Å². The van der Waals surface area contributed by atoms with Crippen molar-refractivity contribution in [3.05, 3.63) is 38.4 Å². The molecule has 9 nitrogen and oxygen atoms in total. The van der Waals surface area contributed by atoms with Crippen molar-refractivity contribution in [2.24, 2.45) is 0 Å². The van der Waals surface area contributed by atoms with Crippen LogP contribution in [0.5, 0.6) is 0 Å². The molecular formula is C11H15N5O4. The molecule has 0 spiro atoms. The third-order valence-corrected chi connectivity index (χ3v) is 3.17. The van der Waals surface area contributed by atoms with Crippen LogP contribution >= 0.6 is 0 Å². The number of nitro benzene ring substituents is 2. The molecule has 1 heterocycles. The van der Waals surface area contributed by atoms with E-state index in [1.165, 1.54) is 12.1 Å². The van der Waals surface area contributed by atoms with Crippen molar-refractivity contribution >= 4 is 17.1 Å². The molecule has 1 aliphatic rings. The lowest BCUT2D eigenvalue weighted by molar-refractivity contribution is -0.393. The van der Waals surface area contributed by atoms with Gasteiger partial charge in [-0.2, -0.15) is 0 Å². The molecule has 0 radical (unpaired) electrons. The van der Waals surface area contributed by atoms with Gasteiger partial charge in [0.2, 0.25) is 0 Å². The molecule has 0 saturated carbocycles. The summed E-state index contributed by atoms with van der Waals surface area (Å²) in [6, 6.07) is 3.60. The van der Waals surface area contributed by atoms with Crippen molar-refractivity contribution in [2.75, 3.05) is 38.7 Å². The highest BCUT2D eigenvalue weighted by molar-refractivity contribution is 5.64. The zero-order valence-corrected chi connectivity index (χ0v) is 11.0. The average Bonchev–Trinajstić information content (AvgIpc) is 2.41. The molecule has 1 aliphatic heterocycles. The fourth-order valence-corrected chi connectivity index (χ4v) is 1.97. The van der Waals surface area contributed by atoms with E-state index in [1.54, 1.807) is 0 Å². The van der Waals surface area contributed by atoms with Crippen LogP contribution in [-0.4, -0.2) is 53.0 Å². The maximum atomic E-state index is 11.0. The quantitative estimate of drug-likeness (QED) is 0.650. The van der Waals surface area contributed by atoms with Crippen LogP contribution in [-0.2, 0) is 0 Å². The van der Waals surface area contributed by atoms with Crippen LogP contribution in [0.4, 0.5) is 17.1 Å². The molecule has 108 valence electrons. The van der Waals surface area contributed by atoms with Crippen LogP contribution in [0.25, 0.3) is 0 Å². The van der Waals surface area contributed by atoms with Gasteiger partial charge in [0.15, 0.2) is 0 Å². The van der Waals surface area contributed by atoms with Gasteiger partial charge in [-0.15, -0.1) is 0 Å². The van der Waals surface area contributed by atoms with Gasteiger partial charge in [0, 0.05) is 32.2 Å². The van der Waals surface area contributed by atoms with Crippen molar-refractivity contribution < 1.29 is 9.85 Å². The Morgan fingerprint density at radius 1 is 1.10 bits per heavy atom. The van der Waals surface area contributed by atoms with E-state index in [2.05, 4.69) is 10.3 Å². The molecule has 1 aromatic rings. The second kappa shape index (κ2) is 5.80. The van der Waals surface area contributed by atoms with E-state index in [0.29, 0.717) is 0 Å². The van der Waals surface area contributed by atoms with Gasteiger partial charge in [-0.3, -0.25) is 20.2 Å². The van der Waals surface area contributed by atoms with Crippen LogP contribution in [0.1, 0.15) is 0 Å². The summed E-state index contributed by atoms with van der Waals surface area (Å²) >= 11 is 0. The maximum absolute atomic E-state index is 11.0. The predicted molar refractivity (Wildman–Crippen MR) is 72.4 cm³/mol. The van der Waals surface area contributed by atoms with E-state index < -0.39 is 9.85 Å². The van der Waals surface area contributed by atoms with Gasteiger partial charge in [-0.05, 0) is 13.1 Å². The second-order valence-corrected chi connectivity index (χ2v) is 4.62. The number of anilines is 1. The molecule has 0 aliphatic carbocycles. The standard InChI is InChI=1S/C11H15N5O4/c1-13-4-6-14(7-5-13)12-10-3-2-9(15(17)18)8-11(10)16(19)20/h2-3,8,12H,4-7H2,1H3. The summed E-state index contributed by atoms with van der Waals surface area (Å²) in [5, 5.41) is 23.5. The Labute approximate surface area is 115 Å². The molecule has 2 rings (SSSR count). The van der Waals surface area contributed by atoms with Crippen LogP contribution < -0.4 is 5.43 Å². The molecule has 0 amide bonds. The summed E-state index contributed by atoms with van der Waals surface area (Å²) in [6.07, 6.45) is 0. The molecule has 0 atom stereocenters. The number of nitrogens with one attached hydrogen (secondary N) is 1. The van der Waals surface area contributed by atoms with Crippen molar-refractivity contribution in [3.63, 3.8) is 0 Å². The first-order valence-corrected chi connectivity index (χ1v) is 6.10. The molecule has 9 heteroatoms. The molecular weight excluding hydrogens is 266 g/mol. The first kappa shape index (κ1) is 14.2. The van der Waals surface area contributed by atoms with Crippen LogP contribution in [0, 0.1) is 20.2 Å². The van der Waals surface area contributed by atoms with Gasteiger partial charge in [-0.1, -0.05) is 0 Å². The lowest BCUT2D eigenvalue weighted by Gasteiger charge is -2.32. The van der Waals surface area contributed by atoms with Gasteiger partial charge in [0.25, 0.3) is 5.69 Å². The Balaban J connectivity index is 2.18. The summed E-state index contributed by atoms with van der Waals surface area (Å²) in [6.45, 7) is 3.16. The van der Waals surface area contributed by atoms with Crippen molar-refractivity contribution in [1.29, 1.82) is 0 Å². The zero-order valence-electron chi connectivity index (χ0n) is 11.0. The molecule has 1 N–H and O–H groups in total. The number of hydrogen-bond donors (Lipinski definition) is 1. The fourth-order valence-electron chi connectivity index (χ4n) is 1.97. The number of hydrogen-bond acceptors (Lipinski definition) is 7. The third kappa shape index (κ3) is 3.19. The van der Waals surface area contributed by atoms with Gasteiger partial charge in [0.05, 0.1) is 15.9 Å². The van der Waals surface area contributed by atoms with Gasteiger partial charge in [0.1, 0.15) is 5.69 Å². The summed E-state index contributed by atoms with van der Waals surface area (Å²) in [7, 11) is 2.01. The first-order chi connectivity index (χ1) is 9.47. The SMILES string of the molecule is CN1CCN(Nc2ccc([N+](=O)[O-])cc2[N+](=O)[O-])CC1. The van der Waals surface area contributed by atoms with Crippen LogP contribution in [0.15, 0.2) is 18.2 Å². The highest BCUT2D eigenvalue weighted by Crippen LogP contribution is 2.29. The minimum Gasteiger partial charge on any atom is -0.313 e. The lowest BCUT2D eigenvalue weighted by atomic mass is 10.2. The normalized spacial score (nSPS) is 16.9. The minimum atomic E-state index is -0.646. The van der Waals surface area contributed by atoms with Crippen LogP contribution in [0.2, 0.25) is 0 Å². The fraction of sp³-hybridized carbons (Fsp3) is 0.455. The van der Waals surface area contributed by atoms with E-state index >= 15 is 0 Å². The Morgan fingerprint density at radius 3 is 2.30 bits per heavy atom. The van der Waals surface area contributed by atoms with Gasteiger partial charge in [-0.25, -0.2) is 5.01 Å². The highest BCUT2D eigenvalue weighted by atomic mass is 16.6. The van der Waals surface area contributed by atoms with E-state index in [9.17, 15) is 20.2 Å². The Kier molecular flexibility index (Phi) is 4.11. The Hall–Kier alpha value is -2.26. The molecule has 0 unspecified atom stereocenters. The molecule has 0 bridgehead atoms. The van der Waals surface area contributed by atoms with Crippen molar-refractivity contribution in [2.45, 2.75) is 0 Å². The summed E-state index contributed by atoms with van der Waals surface area (Å²) in [5.74, 6) is 0. The summed E-state index contributed by atoms with van der Waals surface area (Å²) < 4.78 is 0. The average molecular weight is 281 g/mol. The van der Waals surface area contributed by atoms with Crippen molar-refractivity contribution in [3.8, 4) is 0 Å². The van der Waals surface area contributed by atoms with E-state index in [-0.39, 0.29) is 17.1 Å². The highest BCUT2D eigenvalue weighted by Gasteiger charge is 2.22. The zero-order chi connectivity index (χ0) is 14.7. The molecule has 1 saturated heterocycles. The van der Waals surface area contributed by atoms with Gasteiger partial charge >= 0.3 is 5.69 Å². The molecule has 1 fully saturated rings. The van der Waals surface area contributed by atoms with Crippen molar-refractivity contribution in [1.82, 2.24) is 9.91 Å². The number of nitrogens with zero attached hydrogens (tertiary/aromatic N) is 4. The number of non-ortho nitro benzene ring substituents is 1. The second-order valence-electron chi connectivity index (χ2n) is 4.62. The lowest BCUT2D eigenvalue weighted by Crippen LogP contribution is -2.47. The van der Waals surface area contributed by atoms with Crippen LogP contribution in [0.3, 0.4) is 0 Å². The predicted octanol–water partition coefficient (Wildman–Crippen LogP) is 1.08. The number of piperazine rings is 1. The summed E-state index contributed by atoms with van der Waals surface area (Å²) in [4.78, 5) is 22.6. The molecule has 0 aromatic heterocycles. The Bertz CT molecular complexity index is 528. The minimum absolute atomic E-state index is 0.269. The molecule has 1 aromatic carbocycles. The maximum Gasteiger partial charge on any atom is 0.300 e. The topological polar surface area (TPSA) is 105 Å². The number of rotatable bonds is 4. The molecule has 20 heavy (non-hydrogen) atoms. The Morgan fingerprint density at radius 2 is 1.75 bits per heavy atom. The monoisotopic (exact) mass is 281 g/mol. The number of benzene rings is 1. The summed E-state index contributed by atoms with van der Waals surface area (Å²) in [5.41, 5.74) is 2.64.